The minimum atomic E-state index is 0.162. The highest BCUT2D eigenvalue weighted by Crippen LogP contribution is 2.24. The fraction of sp³-hybridized carbons (Fsp3) is 0.667. The molecule has 1 aliphatic carbocycles. The van der Waals surface area contributed by atoms with Crippen LogP contribution in [0, 0.1) is 5.92 Å². The van der Waals surface area contributed by atoms with Crippen LogP contribution in [0.5, 0.6) is 0 Å². The van der Waals surface area contributed by atoms with Crippen LogP contribution in [-0.4, -0.2) is 15.7 Å². The van der Waals surface area contributed by atoms with E-state index in [0.717, 1.165) is 25.1 Å². The van der Waals surface area contributed by atoms with Gasteiger partial charge in [0.15, 0.2) is 0 Å². The quantitative estimate of drug-likeness (QED) is 0.852. The van der Waals surface area contributed by atoms with Gasteiger partial charge in [0, 0.05) is 18.7 Å². The lowest BCUT2D eigenvalue weighted by Gasteiger charge is -2.20. The first-order chi connectivity index (χ1) is 7.79. The van der Waals surface area contributed by atoms with E-state index in [-0.39, 0.29) is 11.8 Å². The lowest BCUT2D eigenvalue weighted by Crippen LogP contribution is -2.24. The summed E-state index contributed by atoms with van der Waals surface area (Å²) in [5, 5.41) is 7.08. The maximum absolute atomic E-state index is 11.9. The van der Waals surface area contributed by atoms with Gasteiger partial charge in [-0.1, -0.05) is 19.3 Å². The van der Waals surface area contributed by atoms with Crippen molar-refractivity contribution in [3.63, 3.8) is 0 Å². The van der Waals surface area contributed by atoms with Gasteiger partial charge in [0.2, 0.25) is 5.91 Å². The van der Waals surface area contributed by atoms with E-state index in [9.17, 15) is 4.79 Å². The Hall–Kier alpha value is -1.32. The van der Waals surface area contributed by atoms with E-state index in [1.54, 1.807) is 6.20 Å². The molecule has 0 atom stereocenters. The van der Waals surface area contributed by atoms with Gasteiger partial charge in [0.25, 0.3) is 0 Å². The van der Waals surface area contributed by atoms with Gasteiger partial charge in [-0.05, 0) is 19.8 Å². The van der Waals surface area contributed by atoms with Crippen molar-refractivity contribution in [3.8, 4) is 0 Å². The van der Waals surface area contributed by atoms with Gasteiger partial charge in [0.05, 0.1) is 11.9 Å². The number of rotatable bonds is 3. The Balaban J connectivity index is 1.90. The number of aromatic nitrogens is 2. The molecule has 0 aliphatic heterocycles. The Morgan fingerprint density at radius 2 is 2.25 bits per heavy atom. The first-order valence-corrected chi connectivity index (χ1v) is 6.13. The summed E-state index contributed by atoms with van der Waals surface area (Å²) < 4.78 is 1.82. The number of anilines is 1. The van der Waals surface area contributed by atoms with Crippen LogP contribution in [0.4, 0.5) is 5.69 Å². The highest BCUT2D eigenvalue weighted by molar-refractivity contribution is 5.92. The van der Waals surface area contributed by atoms with E-state index in [4.69, 9.17) is 0 Å². The Labute approximate surface area is 96.0 Å². The Bertz CT molecular complexity index is 353. The van der Waals surface area contributed by atoms with Crippen molar-refractivity contribution >= 4 is 11.6 Å². The molecule has 0 radical (unpaired) electrons. The number of aryl methyl sites for hydroxylation is 1. The smallest absolute Gasteiger partial charge is 0.227 e. The molecule has 88 valence electrons. The minimum Gasteiger partial charge on any atom is -0.323 e. The van der Waals surface area contributed by atoms with Gasteiger partial charge in [0.1, 0.15) is 0 Å². The monoisotopic (exact) mass is 221 g/mol. The maximum atomic E-state index is 11.9. The third-order valence-corrected chi connectivity index (χ3v) is 3.20. The fourth-order valence-electron chi connectivity index (χ4n) is 2.21. The summed E-state index contributed by atoms with van der Waals surface area (Å²) in [4.78, 5) is 11.9. The Kier molecular flexibility index (Phi) is 3.59. The molecule has 1 N–H and O–H groups in total. The summed E-state index contributed by atoms with van der Waals surface area (Å²) in [5.74, 6) is 0.370. The molecule has 16 heavy (non-hydrogen) atoms. The normalized spacial score (nSPS) is 17.3. The molecule has 2 rings (SSSR count). The van der Waals surface area contributed by atoms with Crippen molar-refractivity contribution in [2.24, 2.45) is 5.92 Å². The molecule has 1 aromatic heterocycles. The van der Waals surface area contributed by atoms with Gasteiger partial charge in [-0.15, -0.1) is 0 Å². The second kappa shape index (κ2) is 5.14. The van der Waals surface area contributed by atoms with Crippen LogP contribution in [0.15, 0.2) is 12.4 Å². The van der Waals surface area contributed by atoms with E-state index < -0.39 is 0 Å². The van der Waals surface area contributed by atoms with Crippen LogP contribution < -0.4 is 5.32 Å². The second-order valence-corrected chi connectivity index (χ2v) is 4.41. The predicted octanol–water partition coefficient (Wildman–Crippen LogP) is 2.42. The number of carbonyl (C=O) groups is 1. The van der Waals surface area contributed by atoms with E-state index in [0.29, 0.717) is 0 Å². The van der Waals surface area contributed by atoms with Gasteiger partial charge in [-0.25, -0.2) is 0 Å². The summed E-state index contributed by atoms with van der Waals surface area (Å²) in [6.07, 6.45) is 9.31. The largest absolute Gasteiger partial charge is 0.323 e. The number of carbonyl (C=O) groups excluding carboxylic acids is 1. The summed E-state index contributed by atoms with van der Waals surface area (Å²) in [5.41, 5.74) is 0.817. The average molecular weight is 221 g/mol. The van der Waals surface area contributed by atoms with Gasteiger partial charge in [-0.2, -0.15) is 5.10 Å². The van der Waals surface area contributed by atoms with E-state index in [1.807, 2.05) is 17.8 Å². The molecule has 1 heterocycles. The second-order valence-electron chi connectivity index (χ2n) is 4.41. The molecule has 0 bridgehead atoms. The zero-order valence-corrected chi connectivity index (χ0v) is 9.78. The molecule has 1 fully saturated rings. The zero-order valence-electron chi connectivity index (χ0n) is 9.78. The SMILES string of the molecule is CCn1cc(NC(=O)C2CCCCC2)cn1. The first kappa shape index (κ1) is 11.2. The number of hydrogen-bond donors (Lipinski definition) is 1. The highest BCUT2D eigenvalue weighted by Gasteiger charge is 2.21. The van der Waals surface area contributed by atoms with E-state index in [1.165, 1.54) is 19.3 Å². The van der Waals surface area contributed by atoms with Crippen molar-refractivity contribution in [1.82, 2.24) is 9.78 Å². The molecule has 0 aromatic carbocycles. The number of hydrogen-bond acceptors (Lipinski definition) is 2. The molecule has 1 amide bonds. The van der Waals surface area contributed by atoms with Crippen LogP contribution in [-0.2, 0) is 11.3 Å². The van der Waals surface area contributed by atoms with Crippen molar-refractivity contribution in [1.29, 1.82) is 0 Å². The zero-order chi connectivity index (χ0) is 11.4. The van der Waals surface area contributed by atoms with Crippen molar-refractivity contribution in [2.75, 3.05) is 5.32 Å². The Morgan fingerprint density at radius 3 is 2.88 bits per heavy atom. The van der Waals surface area contributed by atoms with Crippen LogP contribution in [0.2, 0.25) is 0 Å². The lowest BCUT2D eigenvalue weighted by atomic mass is 9.89. The first-order valence-electron chi connectivity index (χ1n) is 6.13. The van der Waals surface area contributed by atoms with Crippen molar-refractivity contribution in [3.05, 3.63) is 12.4 Å². The standard InChI is InChI=1S/C12H19N3O/c1-2-15-9-11(8-13-15)14-12(16)10-6-4-3-5-7-10/h8-10H,2-7H2,1H3,(H,14,16). The summed E-state index contributed by atoms with van der Waals surface area (Å²) >= 11 is 0. The molecule has 1 aromatic rings. The average Bonchev–Trinajstić information content (AvgIpc) is 2.78. The van der Waals surface area contributed by atoms with Crippen LogP contribution >= 0.6 is 0 Å². The minimum absolute atomic E-state index is 0.162. The number of nitrogens with one attached hydrogen (secondary N) is 1. The van der Waals surface area contributed by atoms with Crippen molar-refractivity contribution < 1.29 is 4.79 Å². The lowest BCUT2D eigenvalue weighted by molar-refractivity contribution is -0.120. The van der Waals surface area contributed by atoms with Gasteiger partial charge < -0.3 is 5.32 Å². The van der Waals surface area contributed by atoms with Crippen molar-refractivity contribution in [2.45, 2.75) is 45.6 Å². The third-order valence-electron chi connectivity index (χ3n) is 3.20. The Morgan fingerprint density at radius 1 is 1.50 bits per heavy atom. The molecule has 4 heteroatoms. The van der Waals surface area contributed by atoms with E-state index in [2.05, 4.69) is 10.4 Å². The molecule has 1 aliphatic rings. The fourth-order valence-corrected chi connectivity index (χ4v) is 2.21. The topological polar surface area (TPSA) is 46.9 Å². The highest BCUT2D eigenvalue weighted by atomic mass is 16.1. The molecular formula is C12H19N3O. The molecule has 0 spiro atoms. The summed E-state index contributed by atoms with van der Waals surface area (Å²) in [7, 11) is 0. The summed E-state index contributed by atoms with van der Waals surface area (Å²) in [6, 6.07) is 0. The van der Waals surface area contributed by atoms with Gasteiger partial charge in [-0.3, -0.25) is 9.48 Å². The van der Waals surface area contributed by atoms with Crippen LogP contribution in [0.3, 0.4) is 0 Å². The van der Waals surface area contributed by atoms with Crippen LogP contribution in [0.1, 0.15) is 39.0 Å². The van der Waals surface area contributed by atoms with E-state index >= 15 is 0 Å². The van der Waals surface area contributed by atoms with Crippen LogP contribution in [0.25, 0.3) is 0 Å². The molecule has 0 saturated heterocycles. The molecular weight excluding hydrogens is 202 g/mol. The predicted molar refractivity (Wildman–Crippen MR) is 63.1 cm³/mol. The third kappa shape index (κ3) is 2.62. The number of nitrogens with zero attached hydrogens (tertiary/aromatic N) is 2. The molecule has 1 saturated carbocycles. The van der Waals surface area contributed by atoms with Gasteiger partial charge >= 0.3 is 0 Å². The summed E-state index contributed by atoms with van der Waals surface area (Å²) in [6.45, 7) is 2.86. The maximum Gasteiger partial charge on any atom is 0.227 e. The molecule has 0 unspecified atom stereocenters. The number of amides is 1. The molecule has 4 nitrogen and oxygen atoms in total.